The van der Waals surface area contributed by atoms with E-state index in [0.717, 1.165) is 0 Å². The van der Waals surface area contributed by atoms with Crippen molar-refractivity contribution >= 4 is 17.4 Å². The number of hydrogen-bond acceptors (Lipinski definition) is 3. The fourth-order valence-corrected chi connectivity index (χ4v) is 1.58. The Kier molecular flexibility index (Phi) is 3.23. The molecule has 0 bridgehead atoms. The Bertz CT molecular complexity index is 586. The summed E-state index contributed by atoms with van der Waals surface area (Å²) in [5, 5.41) is 0. The van der Waals surface area contributed by atoms with E-state index < -0.39 is 5.82 Å². The number of halogens is 1. The van der Waals surface area contributed by atoms with Gasteiger partial charge in [-0.3, -0.25) is 4.79 Å². The predicted octanol–water partition coefficient (Wildman–Crippen LogP) is 2.08. The summed E-state index contributed by atoms with van der Waals surface area (Å²) in [6.45, 7) is 0. The van der Waals surface area contributed by atoms with Crippen LogP contribution in [0.5, 0.6) is 0 Å². The van der Waals surface area contributed by atoms with Crippen LogP contribution in [0.25, 0.3) is 0 Å². The van der Waals surface area contributed by atoms with Crippen LogP contribution < -0.4 is 10.6 Å². The summed E-state index contributed by atoms with van der Waals surface area (Å²) in [5.74, 6) is -0.566. The lowest BCUT2D eigenvalue weighted by Gasteiger charge is -2.17. The summed E-state index contributed by atoms with van der Waals surface area (Å²) < 4.78 is 13.1. The van der Waals surface area contributed by atoms with E-state index in [1.807, 2.05) is 0 Å². The fourth-order valence-electron chi connectivity index (χ4n) is 1.58. The molecule has 4 nitrogen and oxygen atoms in total. The minimum atomic E-state index is -0.397. The zero-order valence-corrected chi connectivity index (χ0v) is 9.80. The molecule has 1 heterocycles. The second-order valence-electron chi connectivity index (χ2n) is 3.78. The van der Waals surface area contributed by atoms with Crippen LogP contribution in [-0.2, 0) is 0 Å². The Morgan fingerprint density at radius 3 is 2.78 bits per heavy atom. The van der Waals surface area contributed by atoms with E-state index in [2.05, 4.69) is 4.98 Å². The van der Waals surface area contributed by atoms with Crippen molar-refractivity contribution in [3.8, 4) is 0 Å². The Labute approximate surface area is 104 Å². The van der Waals surface area contributed by atoms with Gasteiger partial charge in [0.05, 0.1) is 5.56 Å². The van der Waals surface area contributed by atoms with Gasteiger partial charge in [-0.25, -0.2) is 9.37 Å². The van der Waals surface area contributed by atoms with Crippen molar-refractivity contribution in [3.63, 3.8) is 0 Å². The number of nitrogens with zero attached hydrogens (tertiary/aromatic N) is 2. The molecule has 18 heavy (non-hydrogen) atoms. The van der Waals surface area contributed by atoms with Crippen molar-refractivity contribution in [1.82, 2.24) is 4.98 Å². The highest BCUT2D eigenvalue weighted by Gasteiger charge is 2.16. The lowest BCUT2D eigenvalue weighted by atomic mass is 10.2. The van der Waals surface area contributed by atoms with Gasteiger partial charge in [-0.15, -0.1) is 0 Å². The molecule has 0 atom stereocenters. The molecule has 0 unspecified atom stereocenters. The molecule has 0 radical (unpaired) electrons. The third kappa shape index (κ3) is 2.29. The smallest absolute Gasteiger partial charge is 0.261 e. The maximum Gasteiger partial charge on any atom is 0.261 e. The maximum atomic E-state index is 13.1. The van der Waals surface area contributed by atoms with E-state index in [-0.39, 0.29) is 11.7 Å². The number of amides is 1. The van der Waals surface area contributed by atoms with Gasteiger partial charge >= 0.3 is 0 Å². The van der Waals surface area contributed by atoms with Gasteiger partial charge in [0.25, 0.3) is 5.91 Å². The second kappa shape index (κ2) is 4.83. The van der Waals surface area contributed by atoms with Gasteiger partial charge < -0.3 is 10.6 Å². The molecule has 2 aromatic rings. The first kappa shape index (κ1) is 12.0. The maximum absolute atomic E-state index is 13.1. The third-order valence-electron chi connectivity index (χ3n) is 2.57. The molecular weight excluding hydrogens is 233 g/mol. The van der Waals surface area contributed by atoms with Gasteiger partial charge in [0.15, 0.2) is 0 Å². The largest absolute Gasteiger partial charge is 0.383 e. The molecule has 0 aliphatic rings. The third-order valence-corrected chi connectivity index (χ3v) is 2.57. The van der Waals surface area contributed by atoms with Crippen LogP contribution in [0.15, 0.2) is 42.6 Å². The Morgan fingerprint density at radius 2 is 2.11 bits per heavy atom. The van der Waals surface area contributed by atoms with Gasteiger partial charge in [-0.05, 0) is 30.3 Å². The van der Waals surface area contributed by atoms with E-state index >= 15 is 0 Å². The summed E-state index contributed by atoms with van der Waals surface area (Å²) in [7, 11) is 1.56. The number of nitrogen functional groups attached to an aromatic ring is 1. The average molecular weight is 245 g/mol. The Morgan fingerprint density at radius 1 is 1.33 bits per heavy atom. The van der Waals surface area contributed by atoms with Crippen LogP contribution in [0.1, 0.15) is 10.4 Å². The van der Waals surface area contributed by atoms with Gasteiger partial charge in [-0.2, -0.15) is 0 Å². The number of aromatic nitrogens is 1. The minimum absolute atomic E-state index is 0.158. The first-order valence-corrected chi connectivity index (χ1v) is 5.33. The lowest BCUT2D eigenvalue weighted by Crippen LogP contribution is -2.27. The van der Waals surface area contributed by atoms with Gasteiger partial charge in [0.2, 0.25) is 0 Å². The fraction of sp³-hybridized carbons (Fsp3) is 0.0769. The number of anilines is 2. The standard InChI is InChI=1S/C13H12FN3O/c1-17(10-5-2-4-9(14)8-10)13(18)11-6-3-7-16-12(11)15/h2-8H,1H3,(H2,15,16). The number of carbonyl (C=O) groups is 1. The van der Waals surface area contributed by atoms with Crippen molar-refractivity contribution in [2.45, 2.75) is 0 Å². The van der Waals surface area contributed by atoms with Crippen LogP contribution in [0.4, 0.5) is 15.9 Å². The molecule has 1 aromatic heterocycles. The summed E-state index contributed by atoms with van der Waals surface area (Å²) >= 11 is 0. The molecule has 0 aliphatic heterocycles. The lowest BCUT2D eigenvalue weighted by molar-refractivity contribution is 0.0993. The molecule has 1 aromatic carbocycles. The van der Waals surface area contributed by atoms with Crippen LogP contribution >= 0.6 is 0 Å². The number of hydrogen-bond donors (Lipinski definition) is 1. The van der Waals surface area contributed by atoms with Crippen LogP contribution in [-0.4, -0.2) is 17.9 Å². The van der Waals surface area contributed by atoms with E-state index in [1.165, 1.54) is 23.2 Å². The van der Waals surface area contributed by atoms with E-state index in [4.69, 9.17) is 5.73 Å². The minimum Gasteiger partial charge on any atom is -0.383 e. The number of carbonyl (C=O) groups excluding carboxylic acids is 1. The monoisotopic (exact) mass is 245 g/mol. The summed E-state index contributed by atoms with van der Waals surface area (Å²) in [6, 6.07) is 9.00. The topological polar surface area (TPSA) is 59.2 Å². The SMILES string of the molecule is CN(C(=O)c1cccnc1N)c1cccc(F)c1. The van der Waals surface area contributed by atoms with E-state index in [9.17, 15) is 9.18 Å². The van der Waals surface area contributed by atoms with Crippen molar-refractivity contribution in [1.29, 1.82) is 0 Å². The first-order chi connectivity index (χ1) is 8.59. The van der Waals surface area contributed by atoms with Gasteiger partial charge in [0.1, 0.15) is 11.6 Å². The van der Waals surface area contributed by atoms with Crippen molar-refractivity contribution in [3.05, 3.63) is 54.0 Å². The summed E-state index contributed by atoms with van der Waals surface area (Å²) in [5.41, 5.74) is 6.39. The molecule has 5 heteroatoms. The van der Waals surface area contributed by atoms with Crippen molar-refractivity contribution in [2.75, 3.05) is 17.7 Å². The Hall–Kier alpha value is -2.43. The summed E-state index contributed by atoms with van der Waals surface area (Å²) in [4.78, 5) is 17.3. The van der Waals surface area contributed by atoms with Crippen LogP contribution in [0, 0.1) is 5.82 Å². The van der Waals surface area contributed by atoms with Gasteiger partial charge in [0, 0.05) is 18.9 Å². The normalized spacial score (nSPS) is 10.1. The molecular formula is C13H12FN3O. The Balaban J connectivity index is 2.32. The number of nitrogens with two attached hydrogens (primary N) is 1. The molecule has 2 N–H and O–H groups in total. The van der Waals surface area contributed by atoms with Crippen molar-refractivity contribution < 1.29 is 9.18 Å². The molecule has 0 spiro atoms. The highest BCUT2D eigenvalue weighted by atomic mass is 19.1. The quantitative estimate of drug-likeness (QED) is 0.881. The number of benzene rings is 1. The molecule has 0 saturated carbocycles. The molecule has 2 rings (SSSR count). The van der Waals surface area contributed by atoms with E-state index in [1.54, 1.807) is 31.3 Å². The zero-order chi connectivity index (χ0) is 13.1. The highest BCUT2D eigenvalue weighted by molar-refractivity contribution is 6.08. The molecule has 1 amide bonds. The van der Waals surface area contributed by atoms with E-state index in [0.29, 0.717) is 11.3 Å². The average Bonchev–Trinajstić information content (AvgIpc) is 2.37. The first-order valence-electron chi connectivity index (χ1n) is 5.33. The molecule has 0 saturated heterocycles. The second-order valence-corrected chi connectivity index (χ2v) is 3.78. The van der Waals surface area contributed by atoms with Crippen LogP contribution in [0.3, 0.4) is 0 Å². The number of pyridine rings is 1. The van der Waals surface area contributed by atoms with Crippen molar-refractivity contribution in [2.24, 2.45) is 0 Å². The van der Waals surface area contributed by atoms with Crippen LogP contribution in [0.2, 0.25) is 0 Å². The summed E-state index contributed by atoms with van der Waals surface area (Å²) in [6.07, 6.45) is 1.51. The molecule has 0 aliphatic carbocycles. The number of rotatable bonds is 2. The highest BCUT2D eigenvalue weighted by Crippen LogP contribution is 2.18. The molecule has 0 fully saturated rings. The molecule has 92 valence electrons. The predicted molar refractivity (Wildman–Crippen MR) is 67.8 cm³/mol. The zero-order valence-electron chi connectivity index (χ0n) is 9.80. The van der Waals surface area contributed by atoms with Gasteiger partial charge in [-0.1, -0.05) is 6.07 Å².